The van der Waals surface area contributed by atoms with E-state index in [9.17, 15) is 29.3 Å². The van der Waals surface area contributed by atoms with Crippen molar-refractivity contribution in [1.82, 2.24) is 4.90 Å². The molecular formula is C20H21N3O7. The maximum atomic E-state index is 12.6. The fourth-order valence-corrected chi connectivity index (χ4v) is 3.61. The second-order valence-electron chi connectivity index (χ2n) is 7.22. The van der Waals surface area contributed by atoms with E-state index in [1.165, 1.54) is 38.1 Å². The molecular weight excluding hydrogens is 394 g/mol. The number of nitro groups is 1. The van der Waals surface area contributed by atoms with Crippen LogP contribution in [0.2, 0.25) is 0 Å². The van der Waals surface area contributed by atoms with Gasteiger partial charge in [0.2, 0.25) is 11.8 Å². The largest absolute Gasteiger partial charge is 0.451 e. The first-order valence-corrected chi connectivity index (χ1v) is 9.49. The summed E-state index contributed by atoms with van der Waals surface area (Å²) in [5.41, 5.74) is -0.341. The van der Waals surface area contributed by atoms with Crippen LogP contribution in [0.5, 0.6) is 0 Å². The highest BCUT2D eigenvalue weighted by molar-refractivity contribution is 6.08. The molecule has 3 rings (SSSR count). The molecule has 1 aromatic rings. The number of nitrogens with one attached hydrogen (secondary N) is 1. The molecule has 1 aliphatic carbocycles. The van der Waals surface area contributed by atoms with Gasteiger partial charge in [-0.25, -0.2) is 4.79 Å². The van der Waals surface area contributed by atoms with E-state index in [-0.39, 0.29) is 11.4 Å². The molecule has 1 aliphatic heterocycles. The number of hydrogen-bond donors (Lipinski definition) is 1. The van der Waals surface area contributed by atoms with Crippen molar-refractivity contribution >= 4 is 35.1 Å². The molecule has 158 valence electrons. The van der Waals surface area contributed by atoms with E-state index in [4.69, 9.17) is 4.74 Å². The predicted molar refractivity (Wildman–Crippen MR) is 104 cm³/mol. The number of carbonyl (C=O) groups is 4. The minimum absolute atomic E-state index is 0.0371. The summed E-state index contributed by atoms with van der Waals surface area (Å²) in [5.74, 6) is -3.48. The van der Waals surface area contributed by atoms with Crippen LogP contribution in [0.4, 0.5) is 11.4 Å². The summed E-state index contributed by atoms with van der Waals surface area (Å²) in [7, 11) is 0. The van der Waals surface area contributed by atoms with Gasteiger partial charge in [-0.1, -0.05) is 24.3 Å². The lowest BCUT2D eigenvalue weighted by atomic mass is 9.85. The molecule has 0 unspecified atom stereocenters. The molecule has 1 N–H and O–H groups in total. The number of amides is 3. The van der Waals surface area contributed by atoms with Crippen LogP contribution in [0.3, 0.4) is 0 Å². The van der Waals surface area contributed by atoms with Crippen LogP contribution in [-0.2, 0) is 23.9 Å². The molecule has 2 aliphatic rings. The van der Waals surface area contributed by atoms with Gasteiger partial charge in [-0.3, -0.25) is 29.4 Å². The van der Waals surface area contributed by atoms with Crippen LogP contribution in [0.1, 0.15) is 26.7 Å². The lowest BCUT2D eigenvalue weighted by Crippen LogP contribution is -2.46. The number of fused-ring (bicyclic) bond motifs is 1. The number of imide groups is 1. The van der Waals surface area contributed by atoms with Crippen molar-refractivity contribution in [2.45, 2.75) is 38.8 Å². The smallest absolute Gasteiger partial charge is 0.329 e. The van der Waals surface area contributed by atoms with E-state index in [0.29, 0.717) is 12.8 Å². The van der Waals surface area contributed by atoms with Gasteiger partial charge >= 0.3 is 5.97 Å². The van der Waals surface area contributed by atoms with Crippen molar-refractivity contribution in [3.63, 3.8) is 0 Å². The number of ether oxygens (including phenoxy) is 1. The molecule has 1 heterocycles. The third kappa shape index (κ3) is 3.93. The first-order valence-electron chi connectivity index (χ1n) is 9.49. The van der Waals surface area contributed by atoms with E-state index >= 15 is 0 Å². The standard InChI is InChI=1S/C20H21N3O7/c1-11(22-18(25)13-7-3-4-8-14(13)19(22)26)20(27)30-12(2)17(24)21-15-9-5-6-10-16(15)23(28)29/h3-6,9-14H,7-8H2,1-2H3,(H,21,24)/t11-,12-,13-,14-/m0/s1. The molecule has 1 saturated heterocycles. The number of anilines is 1. The van der Waals surface area contributed by atoms with Gasteiger partial charge < -0.3 is 10.1 Å². The van der Waals surface area contributed by atoms with E-state index in [2.05, 4.69) is 5.32 Å². The fourth-order valence-electron chi connectivity index (χ4n) is 3.61. The topological polar surface area (TPSA) is 136 Å². The normalized spacial score (nSPS) is 22.3. The van der Waals surface area contributed by atoms with Gasteiger partial charge in [-0.15, -0.1) is 0 Å². The molecule has 1 aromatic carbocycles. The lowest BCUT2D eigenvalue weighted by molar-refractivity contribution is -0.383. The fraction of sp³-hybridized carbons (Fsp3) is 0.400. The second kappa shape index (κ2) is 8.44. The van der Waals surface area contributed by atoms with Crippen molar-refractivity contribution in [3.8, 4) is 0 Å². The third-order valence-electron chi connectivity index (χ3n) is 5.29. The molecule has 10 nitrogen and oxygen atoms in total. The highest BCUT2D eigenvalue weighted by Gasteiger charge is 2.50. The zero-order chi connectivity index (χ0) is 22.0. The molecule has 4 atom stereocenters. The zero-order valence-electron chi connectivity index (χ0n) is 16.4. The van der Waals surface area contributed by atoms with E-state index in [1.807, 2.05) is 12.2 Å². The quantitative estimate of drug-likeness (QED) is 0.246. The van der Waals surface area contributed by atoms with Gasteiger partial charge in [0.15, 0.2) is 6.10 Å². The van der Waals surface area contributed by atoms with Crippen molar-refractivity contribution < 1.29 is 28.8 Å². The molecule has 0 saturated carbocycles. The highest BCUT2D eigenvalue weighted by atomic mass is 16.6. The minimum atomic E-state index is -1.29. The Morgan fingerprint density at radius 1 is 1.13 bits per heavy atom. The van der Waals surface area contributed by atoms with E-state index in [0.717, 1.165) is 4.90 Å². The molecule has 3 amide bonds. The van der Waals surface area contributed by atoms with Crippen molar-refractivity contribution in [1.29, 1.82) is 0 Å². The number of likely N-dealkylation sites (tertiary alicyclic amines) is 1. The Morgan fingerprint density at radius 3 is 2.27 bits per heavy atom. The highest BCUT2D eigenvalue weighted by Crippen LogP contribution is 2.36. The number of nitro benzene ring substituents is 1. The lowest BCUT2D eigenvalue weighted by Gasteiger charge is -2.23. The zero-order valence-corrected chi connectivity index (χ0v) is 16.4. The van der Waals surface area contributed by atoms with E-state index < -0.39 is 52.6 Å². The summed E-state index contributed by atoms with van der Waals surface area (Å²) in [6.45, 7) is 2.67. The molecule has 0 bridgehead atoms. The SMILES string of the molecule is C[C@H](OC(=O)[C@H](C)N1C(=O)[C@H]2CC=CC[C@@H]2C1=O)C(=O)Nc1ccccc1[N+](=O)[O-]. The number of rotatable bonds is 6. The number of hydrogen-bond acceptors (Lipinski definition) is 7. The Morgan fingerprint density at radius 2 is 1.70 bits per heavy atom. The summed E-state index contributed by atoms with van der Waals surface area (Å²) >= 11 is 0. The molecule has 30 heavy (non-hydrogen) atoms. The first kappa shape index (κ1) is 21.2. The number of esters is 1. The molecule has 0 spiro atoms. The third-order valence-corrected chi connectivity index (χ3v) is 5.29. The summed E-state index contributed by atoms with van der Waals surface area (Å²) in [4.78, 5) is 61.3. The van der Waals surface area contributed by atoms with Crippen molar-refractivity contribution in [2.24, 2.45) is 11.8 Å². The van der Waals surface area contributed by atoms with Gasteiger partial charge in [-0.05, 0) is 32.8 Å². The molecule has 0 radical (unpaired) electrons. The monoisotopic (exact) mass is 415 g/mol. The number of para-hydroxylation sites is 2. The Bertz CT molecular complexity index is 916. The average Bonchev–Trinajstić information content (AvgIpc) is 2.98. The van der Waals surface area contributed by atoms with Crippen LogP contribution < -0.4 is 5.32 Å². The summed E-state index contributed by atoms with van der Waals surface area (Å²) < 4.78 is 5.13. The first-order chi connectivity index (χ1) is 14.2. The second-order valence-corrected chi connectivity index (χ2v) is 7.22. The van der Waals surface area contributed by atoms with E-state index in [1.54, 1.807) is 0 Å². The van der Waals surface area contributed by atoms with Crippen LogP contribution in [0.25, 0.3) is 0 Å². The van der Waals surface area contributed by atoms with Gasteiger partial charge in [0, 0.05) is 6.07 Å². The molecule has 10 heteroatoms. The van der Waals surface area contributed by atoms with Crippen LogP contribution in [0, 0.1) is 22.0 Å². The summed E-state index contributed by atoms with van der Waals surface area (Å²) in [5, 5.41) is 13.4. The number of allylic oxidation sites excluding steroid dienone is 2. The van der Waals surface area contributed by atoms with Gasteiger partial charge in [0.25, 0.3) is 11.6 Å². The summed E-state index contributed by atoms with van der Waals surface area (Å²) in [6, 6.07) is 4.37. The molecule has 0 aromatic heterocycles. The van der Waals surface area contributed by atoms with Crippen LogP contribution in [-0.4, -0.2) is 45.7 Å². The predicted octanol–water partition coefficient (Wildman–Crippen LogP) is 1.80. The number of carbonyl (C=O) groups excluding carboxylic acids is 4. The Labute approximate surface area is 172 Å². The molecule has 1 fully saturated rings. The average molecular weight is 415 g/mol. The maximum Gasteiger partial charge on any atom is 0.329 e. The van der Waals surface area contributed by atoms with Crippen molar-refractivity contribution in [3.05, 3.63) is 46.5 Å². The maximum absolute atomic E-state index is 12.6. The number of nitrogens with zero attached hydrogens (tertiary/aromatic N) is 2. The summed E-state index contributed by atoms with van der Waals surface area (Å²) in [6.07, 6.45) is 3.28. The Hall–Kier alpha value is -3.56. The number of benzene rings is 1. The van der Waals surface area contributed by atoms with Gasteiger partial charge in [0.05, 0.1) is 16.8 Å². The van der Waals surface area contributed by atoms with Crippen molar-refractivity contribution in [2.75, 3.05) is 5.32 Å². The van der Waals surface area contributed by atoms with Gasteiger partial charge in [0.1, 0.15) is 11.7 Å². The van der Waals surface area contributed by atoms with Gasteiger partial charge in [-0.2, -0.15) is 0 Å². The minimum Gasteiger partial charge on any atom is -0.451 e. The Kier molecular flexibility index (Phi) is 5.95. The van der Waals surface area contributed by atoms with Crippen LogP contribution in [0.15, 0.2) is 36.4 Å². The van der Waals surface area contributed by atoms with Crippen LogP contribution >= 0.6 is 0 Å². The Balaban J connectivity index is 1.64.